The van der Waals surface area contributed by atoms with Gasteiger partial charge in [0, 0.05) is 40.5 Å². The molecule has 1 N–H and O–H groups in total. The lowest BCUT2D eigenvalue weighted by atomic mass is 10.1. The molecule has 4 aromatic rings. The number of para-hydroxylation sites is 1. The first-order chi connectivity index (χ1) is 17.0. The number of benzene rings is 2. The summed E-state index contributed by atoms with van der Waals surface area (Å²) in [5.74, 6) is -0.346. The summed E-state index contributed by atoms with van der Waals surface area (Å²) in [5.41, 5.74) is 4.64. The first kappa shape index (κ1) is 21.8. The molecular formula is C27H21N5OS2. The van der Waals surface area contributed by atoms with E-state index in [0.29, 0.717) is 11.6 Å². The van der Waals surface area contributed by atoms with Crippen LogP contribution in [0.1, 0.15) is 21.6 Å². The average Bonchev–Trinajstić information content (AvgIpc) is 3.57. The van der Waals surface area contributed by atoms with Crippen molar-refractivity contribution in [2.45, 2.75) is 19.9 Å². The fraction of sp³-hybridized carbons (Fsp3) is 0.111. The number of carbonyl (C=O) groups is 1. The molecule has 6 nitrogen and oxygen atoms in total. The van der Waals surface area contributed by atoms with Gasteiger partial charge in [-0.25, -0.2) is 0 Å². The van der Waals surface area contributed by atoms with E-state index in [1.54, 1.807) is 17.4 Å². The molecule has 0 saturated heterocycles. The fourth-order valence-corrected chi connectivity index (χ4v) is 6.06. The van der Waals surface area contributed by atoms with Gasteiger partial charge in [-0.05, 0) is 47.8 Å². The molecule has 172 valence electrons. The van der Waals surface area contributed by atoms with E-state index in [2.05, 4.69) is 58.0 Å². The Morgan fingerprint density at radius 1 is 1.09 bits per heavy atom. The van der Waals surface area contributed by atoms with Gasteiger partial charge in [-0.3, -0.25) is 10.2 Å². The van der Waals surface area contributed by atoms with Gasteiger partial charge in [0.25, 0.3) is 5.91 Å². The molecule has 4 heterocycles. The molecule has 0 radical (unpaired) electrons. The van der Waals surface area contributed by atoms with Crippen LogP contribution in [0.2, 0.25) is 0 Å². The van der Waals surface area contributed by atoms with Crippen molar-refractivity contribution in [1.29, 1.82) is 5.41 Å². The molecule has 0 bridgehead atoms. The van der Waals surface area contributed by atoms with Gasteiger partial charge in [-0.2, -0.15) is 15.1 Å². The monoisotopic (exact) mass is 495 g/mol. The van der Waals surface area contributed by atoms with Crippen molar-refractivity contribution < 1.29 is 4.79 Å². The van der Waals surface area contributed by atoms with Crippen LogP contribution in [-0.4, -0.2) is 31.5 Å². The Morgan fingerprint density at radius 3 is 2.80 bits per heavy atom. The Bertz CT molecular complexity index is 1580. The van der Waals surface area contributed by atoms with E-state index in [4.69, 9.17) is 5.41 Å². The molecule has 1 amide bonds. The normalized spacial score (nSPS) is 16.7. The van der Waals surface area contributed by atoms with E-state index in [9.17, 15) is 4.79 Å². The highest BCUT2D eigenvalue weighted by Crippen LogP contribution is 2.31. The van der Waals surface area contributed by atoms with Crippen LogP contribution in [-0.2, 0) is 17.8 Å². The number of amides is 1. The van der Waals surface area contributed by atoms with E-state index in [1.807, 2.05) is 35.8 Å². The highest BCUT2D eigenvalue weighted by atomic mass is 32.2. The summed E-state index contributed by atoms with van der Waals surface area (Å²) >= 11 is 3.02. The van der Waals surface area contributed by atoms with Crippen molar-refractivity contribution in [3.8, 4) is 0 Å². The first-order valence-corrected chi connectivity index (χ1v) is 12.9. The zero-order valence-corrected chi connectivity index (χ0v) is 20.6. The second kappa shape index (κ2) is 8.79. The maximum absolute atomic E-state index is 13.0. The number of amidine groups is 2. The Hall–Kier alpha value is -3.75. The third-order valence-corrected chi connectivity index (χ3v) is 7.74. The van der Waals surface area contributed by atoms with Crippen LogP contribution >= 0.6 is 23.1 Å². The molecule has 0 fully saturated rings. The minimum Gasteiger partial charge on any atom is -0.342 e. The van der Waals surface area contributed by atoms with Crippen molar-refractivity contribution >= 4 is 62.0 Å². The lowest BCUT2D eigenvalue weighted by molar-refractivity contribution is -0.114. The number of thiophene rings is 1. The van der Waals surface area contributed by atoms with Crippen LogP contribution < -0.4 is 0 Å². The number of fused-ring (bicyclic) bond motifs is 2. The molecule has 6 rings (SSSR count). The Kier molecular flexibility index (Phi) is 5.47. The number of hydrogen-bond acceptors (Lipinski definition) is 5. The van der Waals surface area contributed by atoms with Gasteiger partial charge >= 0.3 is 0 Å². The third kappa shape index (κ3) is 4.15. The zero-order valence-electron chi connectivity index (χ0n) is 18.9. The highest BCUT2D eigenvalue weighted by molar-refractivity contribution is 8.27. The standard InChI is InChI=1S/C27H21N5OS2/c1-17-6-4-7-18(12-17)15-31-16-19(21-9-2-3-10-23(21)31)13-22-25(28)32-27(29-26(22)33)35-24(30-32)14-20-8-5-11-34-20/h2-13,16,28H,14-15H2,1H3. The van der Waals surface area contributed by atoms with Crippen LogP contribution in [0.4, 0.5) is 0 Å². The summed E-state index contributed by atoms with van der Waals surface area (Å²) in [6.07, 6.45) is 4.49. The second-order valence-electron chi connectivity index (χ2n) is 8.49. The van der Waals surface area contributed by atoms with Gasteiger partial charge in [-0.15, -0.1) is 11.3 Å². The predicted molar refractivity (Wildman–Crippen MR) is 145 cm³/mol. The van der Waals surface area contributed by atoms with Crippen molar-refractivity contribution in [3.05, 3.63) is 99.4 Å². The zero-order chi connectivity index (χ0) is 23.9. The maximum atomic E-state index is 13.0. The number of aryl methyl sites for hydroxylation is 1. The van der Waals surface area contributed by atoms with Crippen LogP contribution in [0.5, 0.6) is 0 Å². The number of rotatable bonds is 5. The number of aliphatic imine (C=N–C) groups is 1. The topological polar surface area (TPSA) is 73.8 Å². The number of aromatic nitrogens is 1. The number of hydrazone groups is 1. The molecule has 8 heteroatoms. The van der Waals surface area contributed by atoms with E-state index >= 15 is 0 Å². The highest BCUT2D eigenvalue weighted by Gasteiger charge is 2.35. The minimum absolute atomic E-state index is 0.0594. The smallest absolute Gasteiger partial charge is 0.283 e. The largest absolute Gasteiger partial charge is 0.342 e. The Balaban J connectivity index is 1.35. The number of hydrogen-bond donors (Lipinski definition) is 1. The molecule has 0 aliphatic carbocycles. The third-order valence-electron chi connectivity index (χ3n) is 5.96. The minimum atomic E-state index is -0.406. The van der Waals surface area contributed by atoms with Crippen molar-refractivity contribution in [2.24, 2.45) is 10.1 Å². The molecule has 2 aliphatic heterocycles. The van der Waals surface area contributed by atoms with Crippen LogP contribution in [0.15, 0.2) is 87.9 Å². The summed E-state index contributed by atoms with van der Waals surface area (Å²) in [4.78, 5) is 18.4. The number of nitrogens with one attached hydrogen (secondary N) is 1. The van der Waals surface area contributed by atoms with Gasteiger partial charge in [0.2, 0.25) is 5.17 Å². The van der Waals surface area contributed by atoms with E-state index < -0.39 is 5.91 Å². The van der Waals surface area contributed by atoms with Crippen molar-refractivity contribution in [1.82, 2.24) is 9.58 Å². The first-order valence-electron chi connectivity index (χ1n) is 11.2. The fourth-order valence-electron chi connectivity index (χ4n) is 4.35. The van der Waals surface area contributed by atoms with Crippen LogP contribution in [0.25, 0.3) is 17.0 Å². The lowest BCUT2D eigenvalue weighted by Gasteiger charge is -2.20. The van der Waals surface area contributed by atoms with E-state index in [0.717, 1.165) is 28.1 Å². The average molecular weight is 496 g/mol. The molecule has 0 saturated carbocycles. The molecule has 2 aromatic heterocycles. The van der Waals surface area contributed by atoms with Gasteiger partial charge in [0.1, 0.15) is 5.04 Å². The van der Waals surface area contributed by atoms with Crippen LogP contribution in [0.3, 0.4) is 0 Å². The molecule has 35 heavy (non-hydrogen) atoms. The van der Waals surface area contributed by atoms with Gasteiger partial charge < -0.3 is 4.57 Å². The van der Waals surface area contributed by atoms with Crippen molar-refractivity contribution in [3.63, 3.8) is 0 Å². The molecule has 2 aliphatic rings. The molecule has 0 unspecified atom stereocenters. The summed E-state index contributed by atoms with van der Waals surface area (Å²) in [7, 11) is 0. The number of nitrogens with zero attached hydrogens (tertiary/aromatic N) is 4. The SMILES string of the molecule is Cc1cccc(Cn2cc(C=C3C(=N)N4N=C(Cc5cccs5)SC4=NC3=O)c3ccccc32)c1. The van der Waals surface area contributed by atoms with Gasteiger partial charge in [0.05, 0.1) is 5.57 Å². The Labute approximate surface area is 210 Å². The summed E-state index contributed by atoms with van der Waals surface area (Å²) in [5, 5.41) is 19.2. The molecular weight excluding hydrogens is 474 g/mol. The number of thioether (sulfide) groups is 1. The summed E-state index contributed by atoms with van der Waals surface area (Å²) in [6.45, 7) is 2.81. The molecule has 2 aromatic carbocycles. The molecule has 0 spiro atoms. The predicted octanol–water partition coefficient (Wildman–Crippen LogP) is 5.92. The second-order valence-corrected chi connectivity index (χ2v) is 10.6. The maximum Gasteiger partial charge on any atom is 0.283 e. The van der Waals surface area contributed by atoms with Gasteiger partial charge in [-0.1, -0.05) is 54.1 Å². The Morgan fingerprint density at radius 2 is 1.97 bits per heavy atom. The summed E-state index contributed by atoms with van der Waals surface area (Å²) < 4.78 is 2.19. The molecule has 0 atom stereocenters. The number of carbonyl (C=O) groups excluding carboxylic acids is 1. The van der Waals surface area contributed by atoms with Crippen LogP contribution in [0, 0.1) is 12.3 Å². The quantitative estimate of drug-likeness (QED) is 0.349. The van der Waals surface area contributed by atoms with E-state index in [-0.39, 0.29) is 11.4 Å². The lowest BCUT2D eigenvalue weighted by Crippen LogP contribution is -2.35. The van der Waals surface area contributed by atoms with Gasteiger partial charge in [0.15, 0.2) is 5.84 Å². The van der Waals surface area contributed by atoms with Crippen molar-refractivity contribution in [2.75, 3.05) is 0 Å². The van der Waals surface area contributed by atoms with E-state index in [1.165, 1.54) is 32.8 Å². The summed E-state index contributed by atoms with van der Waals surface area (Å²) in [6, 6.07) is 20.7.